The lowest BCUT2D eigenvalue weighted by molar-refractivity contribution is -0.225. The van der Waals surface area contributed by atoms with Gasteiger partial charge in [0.25, 0.3) is 0 Å². The lowest BCUT2D eigenvalue weighted by Gasteiger charge is -2.29. The highest BCUT2D eigenvalue weighted by Gasteiger charge is 2.37. The van der Waals surface area contributed by atoms with Crippen LogP contribution in [0.15, 0.2) is 50.6 Å². The third-order valence-electron chi connectivity index (χ3n) is 1.79. The molecule has 0 aromatic heterocycles. The van der Waals surface area contributed by atoms with Crippen LogP contribution in [-0.2, 0) is 4.74 Å². The van der Waals surface area contributed by atoms with Gasteiger partial charge in [0, 0.05) is 12.8 Å². The zero-order valence-corrected chi connectivity index (χ0v) is 8.72. The molecule has 0 rings (SSSR count). The summed E-state index contributed by atoms with van der Waals surface area (Å²) in [6.45, 7) is 13.2. The fourth-order valence-electron chi connectivity index (χ4n) is 1.01. The minimum absolute atomic E-state index is 0.173. The molecule has 0 aromatic carbocycles. The minimum Gasteiger partial charge on any atom is -0.301 e. The molecular formula is C12H16F2O. The average Bonchev–Trinajstić information content (AvgIpc) is 2.18. The molecule has 2 unspecified atom stereocenters. The van der Waals surface area contributed by atoms with Crippen molar-refractivity contribution in [2.24, 2.45) is 0 Å². The number of hydrogen-bond donors (Lipinski definition) is 0. The first-order valence-corrected chi connectivity index (χ1v) is 4.52. The van der Waals surface area contributed by atoms with Crippen molar-refractivity contribution < 1.29 is 13.5 Å². The molecule has 0 aromatic rings. The van der Waals surface area contributed by atoms with Crippen molar-refractivity contribution >= 4 is 0 Å². The maximum atomic E-state index is 13.8. The highest BCUT2D eigenvalue weighted by atomic mass is 19.2. The van der Waals surface area contributed by atoms with E-state index in [2.05, 4.69) is 26.3 Å². The molecule has 0 saturated carbocycles. The minimum atomic E-state index is -2.27. The fraction of sp³-hybridized carbons (Fsp3) is 0.333. The first kappa shape index (κ1) is 13.8. The third-order valence-corrected chi connectivity index (χ3v) is 1.79. The summed E-state index contributed by atoms with van der Waals surface area (Å²) in [6, 6.07) is 0. The van der Waals surface area contributed by atoms with E-state index in [-0.39, 0.29) is 12.8 Å². The topological polar surface area (TPSA) is 9.23 Å². The maximum absolute atomic E-state index is 13.8. The van der Waals surface area contributed by atoms with E-state index >= 15 is 0 Å². The van der Waals surface area contributed by atoms with Gasteiger partial charge in [-0.1, -0.05) is 25.3 Å². The third kappa shape index (κ3) is 4.21. The van der Waals surface area contributed by atoms with Crippen molar-refractivity contribution in [3.05, 3.63) is 50.6 Å². The Balaban J connectivity index is 4.75. The number of alkyl halides is 2. The second kappa shape index (κ2) is 5.61. The molecule has 0 fully saturated rings. The van der Waals surface area contributed by atoms with E-state index in [1.54, 1.807) is 0 Å². The molecule has 0 radical (unpaired) electrons. The molecular weight excluding hydrogens is 198 g/mol. The second-order valence-corrected chi connectivity index (χ2v) is 3.07. The van der Waals surface area contributed by atoms with E-state index in [1.807, 2.05) is 0 Å². The van der Waals surface area contributed by atoms with E-state index < -0.39 is 11.7 Å². The monoisotopic (exact) mass is 214 g/mol. The molecule has 0 amide bonds. The summed E-state index contributed by atoms with van der Waals surface area (Å²) >= 11 is 0. The van der Waals surface area contributed by atoms with Crippen LogP contribution in [0.5, 0.6) is 0 Å². The zero-order chi connectivity index (χ0) is 11.9. The van der Waals surface area contributed by atoms with Gasteiger partial charge in [0.2, 0.25) is 11.7 Å². The quantitative estimate of drug-likeness (QED) is 0.557. The van der Waals surface area contributed by atoms with Crippen molar-refractivity contribution in [3.8, 4) is 0 Å². The van der Waals surface area contributed by atoms with Gasteiger partial charge in [0.15, 0.2) is 0 Å². The molecule has 0 aliphatic rings. The first-order chi connectivity index (χ1) is 6.95. The van der Waals surface area contributed by atoms with Crippen LogP contribution in [0.3, 0.4) is 0 Å². The predicted octanol–water partition coefficient (Wildman–Crippen LogP) is 3.86. The summed E-state index contributed by atoms with van der Waals surface area (Å²) in [6.07, 6.45) is 4.03. The Bertz CT molecular complexity index is 236. The van der Waals surface area contributed by atoms with Crippen molar-refractivity contribution in [2.75, 3.05) is 0 Å². The molecule has 0 aliphatic heterocycles. The Labute approximate surface area is 89.4 Å². The smallest absolute Gasteiger partial charge is 0.234 e. The van der Waals surface area contributed by atoms with Gasteiger partial charge in [0.05, 0.1) is 0 Å². The van der Waals surface area contributed by atoms with Crippen LogP contribution in [0.4, 0.5) is 8.78 Å². The van der Waals surface area contributed by atoms with E-state index in [4.69, 9.17) is 4.74 Å². The van der Waals surface area contributed by atoms with Gasteiger partial charge >= 0.3 is 0 Å². The molecule has 0 aliphatic carbocycles. The van der Waals surface area contributed by atoms with Gasteiger partial charge < -0.3 is 4.74 Å². The van der Waals surface area contributed by atoms with Crippen molar-refractivity contribution in [2.45, 2.75) is 24.6 Å². The van der Waals surface area contributed by atoms with Crippen LogP contribution in [-0.4, -0.2) is 11.7 Å². The summed E-state index contributed by atoms with van der Waals surface area (Å²) in [7, 11) is 0. The molecule has 0 heterocycles. The molecule has 1 nitrogen and oxygen atoms in total. The molecule has 0 bridgehead atoms. The Hall–Kier alpha value is -1.22. The van der Waals surface area contributed by atoms with Crippen molar-refractivity contribution in [1.82, 2.24) is 0 Å². The zero-order valence-electron chi connectivity index (χ0n) is 8.72. The molecule has 0 saturated heterocycles. The highest BCUT2D eigenvalue weighted by Crippen LogP contribution is 2.31. The van der Waals surface area contributed by atoms with Crippen LogP contribution < -0.4 is 0 Å². The van der Waals surface area contributed by atoms with Gasteiger partial charge in [-0.2, -0.15) is 0 Å². The lowest BCUT2D eigenvalue weighted by Crippen LogP contribution is -2.35. The van der Waals surface area contributed by atoms with Crippen LogP contribution in [0.1, 0.15) is 12.8 Å². The lowest BCUT2D eigenvalue weighted by atomic mass is 10.1. The second-order valence-electron chi connectivity index (χ2n) is 3.07. The number of rotatable bonds is 8. The Morgan fingerprint density at radius 2 is 1.20 bits per heavy atom. The Morgan fingerprint density at radius 3 is 1.40 bits per heavy atom. The Morgan fingerprint density at radius 1 is 0.867 bits per heavy atom. The van der Waals surface area contributed by atoms with Crippen molar-refractivity contribution in [1.29, 1.82) is 0 Å². The molecule has 84 valence electrons. The Kier molecular flexibility index (Phi) is 5.15. The standard InChI is InChI=1S/C12H16F2O/c1-5-9-11(13,7-3)15-12(14,8-4)10-6-2/h5-8H,1-4,9-10H2. The number of hydrogen-bond acceptors (Lipinski definition) is 1. The fourth-order valence-corrected chi connectivity index (χ4v) is 1.01. The summed E-state index contributed by atoms with van der Waals surface area (Å²) in [5.41, 5.74) is 0. The molecule has 0 spiro atoms. The van der Waals surface area contributed by atoms with Crippen LogP contribution in [0.25, 0.3) is 0 Å². The van der Waals surface area contributed by atoms with Crippen molar-refractivity contribution in [3.63, 3.8) is 0 Å². The number of halogens is 2. The first-order valence-electron chi connectivity index (χ1n) is 4.52. The SMILES string of the molecule is C=CCC(F)(C=C)OC(F)(C=C)CC=C. The molecule has 0 N–H and O–H groups in total. The van der Waals surface area contributed by atoms with Gasteiger partial charge in [0.1, 0.15) is 0 Å². The summed E-state index contributed by atoms with van der Waals surface area (Å²) < 4.78 is 32.3. The highest BCUT2D eigenvalue weighted by molar-refractivity contribution is 5.00. The maximum Gasteiger partial charge on any atom is 0.234 e. The van der Waals surface area contributed by atoms with Crippen LogP contribution >= 0.6 is 0 Å². The molecule has 15 heavy (non-hydrogen) atoms. The largest absolute Gasteiger partial charge is 0.301 e. The van der Waals surface area contributed by atoms with Gasteiger partial charge in [-0.3, -0.25) is 0 Å². The van der Waals surface area contributed by atoms with E-state index in [9.17, 15) is 8.78 Å². The van der Waals surface area contributed by atoms with E-state index in [0.717, 1.165) is 12.2 Å². The van der Waals surface area contributed by atoms with Gasteiger partial charge in [-0.25, -0.2) is 8.78 Å². The van der Waals surface area contributed by atoms with Crippen LogP contribution in [0.2, 0.25) is 0 Å². The summed E-state index contributed by atoms with van der Waals surface area (Å²) in [5.74, 6) is -4.54. The molecule has 2 atom stereocenters. The summed E-state index contributed by atoms with van der Waals surface area (Å²) in [4.78, 5) is 0. The summed E-state index contributed by atoms with van der Waals surface area (Å²) in [5, 5.41) is 0. The van der Waals surface area contributed by atoms with E-state index in [0.29, 0.717) is 0 Å². The van der Waals surface area contributed by atoms with Crippen LogP contribution in [0, 0.1) is 0 Å². The van der Waals surface area contributed by atoms with Gasteiger partial charge in [-0.15, -0.1) is 13.2 Å². The van der Waals surface area contributed by atoms with Gasteiger partial charge in [-0.05, 0) is 12.2 Å². The molecule has 3 heteroatoms. The number of ether oxygens (including phenoxy) is 1. The average molecular weight is 214 g/mol. The van der Waals surface area contributed by atoms with E-state index in [1.165, 1.54) is 12.2 Å². The predicted molar refractivity (Wildman–Crippen MR) is 58.8 cm³/mol. The normalized spacial score (nSPS) is 18.3.